The molecular formula is C9H7F2NO4. The third kappa shape index (κ3) is 2.99. The number of nitrogens with one attached hydrogen (secondary N) is 1. The monoisotopic (exact) mass is 231 g/mol. The molecule has 0 radical (unpaired) electrons. The first-order valence-corrected chi connectivity index (χ1v) is 4.09. The second-order valence-electron chi connectivity index (χ2n) is 2.66. The van der Waals surface area contributed by atoms with Crippen LogP contribution in [0, 0.1) is 0 Å². The molecule has 7 heteroatoms. The second kappa shape index (κ2) is 5.17. The molecule has 0 aliphatic heterocycles. The summed E-state index contributed by atoms with van der Waals surface area (Å²) in [5.74, 6) is -2.53. The first-order chi connectivity index (χ1) is 7.52. The summed E-state index contributed by atoms with van der Waals surface area (Å²) < 4.78 is 23.3. The smallest absolute Gasteiger partial charge is 0.357 e. The molecule has 0 fully saturated rings. The molecule has 5 nitrogen and oxygen atoms in total. The molecule has 0 aliphatic rings. The molecule has 0 heterocycles. The number of aromatic carboxylic acids is 1. The van der Waals surface area contributed by atoms with Crippen LogP contribution in [-0.2, 0) is 4.84 Å². The summed E-state index contributed by atoms with van der Waals surface area (Å²) in [5, 5.41) is 8.72. The van der Waals surface area contributed by atoms with Gasteiger partial charge in [0.15, 0.2) is 0 Å². The quantitative estimate of drug-likeness (QED) is 0.602. The zero-order valence-corrected chi connectivity index (χ0v) is 7.81. The van der Waals surface area contributed by atoms with Gasteiger partial charge >= 0.3 is 18.5 Å². The highest BCUT2D eigenvalue weighted by atomic mass is 19.3. The van der Waals surface area contributed by atoms with E-state index in [1.165, 1.54) is 24.3 Å². The molecule has 0 aliphatic carbocycles. The minimum absolute atomic E-state index is 0.303. The van der Waals surface area contributed by atoms with Gasteiger partial charge in [-0.3, -0.25) is 0 Å². The van der Waals surface area contributed by atoms with E-state index in [0.29, 0.717) is 0 Å². The van der Waals surface area contributed by atoms with E-state index in [4.69, 9.17) is 5.11 Å². The average molecular weight is 231 g/mol. The van der Waals surface area contributed by atoms with Crippen LogP contribution in [0.5, 0.6) is 0 Å². The lowest BCUT2D eigenvalue weighted by Crippen LogP contribution is -2.25. The number of hydroxylamine groups is 1. The molecule has 0 spiro atoms. The van der Waals surface area contributed by atoms with Gasteiger partial charge in [-0.15, -0.1) is 0 Å². The van der Waals surface area contributed by atoms with Crippen molar-refractivity contribution in [2.75, 3.05) is 0 Å². The van der Waals surface area contributed by atoms with E-state index in [0.717, 1.165) is 5.48 Å². The largest absolute Gasteiger partial charge is 0.478 e. The highest BCUT2D eigenvalue weighted by Gasteiger charge is 2.18. The van der Waals surface area contributed by atoms with Crippen molar-refractivity contribution in [2.45, 2.75) is 6.55 Å². The van der Waals surface area contributed by atoms with Gasteiger partial charge in [0, 0.05) is 0 Å². The van der Waals surface area contributed by atoms with Crippen molar-refractivity contribution in [2.24, 2.45) is 0 Å². The molecule has 0 bridgehead atoms. The lowest BCUT2D eigenvalue weighted by atomic mass is 10.1. The van der Waals surface area contributed by atoms with Gasteiger partial charge < -0.3 is 9.94 Å². The molecule has 86 valence electrons. The van der Waals surface area contributed by atoms with Crippen molar-refractivity contribution in [3.05, 3.63) is 35.4 Å². The Morgan fingerprint density at radius 1 is 1.25 bits per heavy atom. The summed E-state index contributed by atoms with van der Waals surface area (Å²) in [5.41, 5.74) is 0.515. The molecule has 0 atom stereocenters. The molecule has 0 unspecified atom stereocenters. The van der Waals surface area contributed by atoms with Gasteiger partial charge in [0.2, 0.25) is 0 Å². The summed E-state index contributed by atoms with van der Waals surface area (Å²) in [4.78, 5) is 25.9. The topological polar surface area (TPSA) is 75.6 Å². The van der Waals surface area contributed by atoms with E-state index >= 15 is 0 Å². The Balaban J connectivity index is 2.86. The molecule has 1 aromatic rings. The van der Waals surface area contributed by atoms with Crippen LogP contribution in [0.4, 0.5) is 8.78 Å². The van der Waals surface area contributed by atoms with Gasteiger partial charge in [0.05, 0.1) is 11.1 Å². The lowest BCUT2D eigenvalue weighted by molar-refractivity contribution is -0.0483. The maximum atomic E-state index is 11.7. The Morgan fingerprint density at radius 3 is 2.31 bits per heavy atom. The van der Waals surface area contributed by atoms with E-state index < -0.39 is 18.5 Å². The standard InChI is InChI=1S/C9H7F2NO4/c10-9(11)12-16-8(15)6-4-2-1-3-5(6)7(13)14/h1-4,9,12H,(H,13,14). The third-order valence-electron chi connectivity index (χ3n) is 1.62. The fourth-order valence-electron chi connectivity index (χ4n) is 1.00. The Hall–Kier alpha value is -2.02. The van der Waals surface area contributed by atoms with Gasteiger partial charge in [-0.05, 0) is 12.1 Å². The van der Waals surface area contributed by atoms with Crippen LogP contribution in [0.15, 0.2) is 24.3 Å². The molecule has 0 saturated heterocycles. The summed E-state index contributed by atoms with van der Waals surface area (Å²) in [6.07, 6.45) is 0. The van der Waals surface area contributed by atoms with E-state index in [2.05, 4.69) is 4.84 Å². The van der Waals surface area contributed by atoms with Crippen molar-refractivity contribution in [3.63, 3.8) is 0 Å². The van der Waals surface area contributed by atoms with Crippen LogP contribution < -0.4 is 5.48 Å². The maximum Gasteiger partial charge on any atom is 0.357 e. The van der Waals surface area contributed by atoms with E-state index in [1.807, 2.05) is 0 Å². The van der Waals surface area contributed by atoms with Crippen molar-refractivity contribution < 1.29 is 28.3 Å². The van der Waals surface area contributed by atoms with E-state index in [9.17, 15) is 18.4 Å². The molecule has 16 heavy (non-hydrogen) atoms. The predicted octanol–water partition coefficient (Wildman–Crippen LogP) is 1.27. The number of hydrogen-bond acceptors (Lipinski definition) is 4. The van der Waals surface area contributed by atoms with Crippen LogP contribution >= 0.6 is 0 Å². The minimum Gasteiger partial charge on any atom is -0.478 e. The van der Waals surface area contributed by atoms with Crippen LogP contribution in [0.1, 0.15) is 20.7 Å². The zero-order valence-electron chi connectivity index (χ0n) is 7.81. The SMILES string of the molecule is O=C(O)c1ccccc1C(=O)ONC(F)F. The molecule has 1 aromatic carbocycles. The van der Waals surface area contributed by atoms with Crippen LogP contribution in [0.3, 0.4) is 0 Å². The van der Waals surface area contributed by atoms with Gasteiger partial charge in [-0.2, -0.15) is 8.78 Å². The van der Waals surface area contributed by atoms with Crippen LogP contribution in [-0.4, -0.2) is 23.6 Å². The van der Waals surface area contributed by atoms with Gasteiger partial charge in [0.25, 0.3) is 0 Å². The second-order valence-corrected chi connectivity index (χ2v) is 2.66. The number of carbonyl (C=O) groups is 2. The number of carboxylic acid groups (broad SMARTS) is 1. The first-order valence-electron chi connectivity index (χ1n) is 4.09. The maximum absolute atomic E-state index is 11.7. The summed E-state index contributed by atoms with van der Waals surface area (Å²) in [7, 11) is 0. The van der Waals surface area contributed by atoms with Crippen molar-refractivity contribution >= 4 is 11.9 Å². The van der Waals surface area contributed by atoms with Gasteiger partial charge in [0.1, 0.15) is 0 Å². The lowest BCUT2D eigenvalue weighted by Gasteiger charge is -2.06. The van der Waals surface area contributed by atoms with Crippen molar-refractivity contribution in [1.29, 1.82) is 0 Å². The Labute approximate surface area is 88.6 Å². The zero-order chi connectivity index (χ0) is 12.1. The number of hydrogen-bond donors (Lipinski definition) is 2. The molecule has 1 rings (SSSR count). The molecular weight excluding hydrogens is 224 g/mol. The first kappa shape index (κ1) is 12.1. The summed E-state index contributed by atoms with van der Waals surface area (Å²) in [6, 6.07) is 5.13. The van der Waals surface area contributed by atoms with E-state index in [-0.39, 0.29) is 11.1 Å². The Morgan fingerprint density at radius 2 is 1.81 bits per heavy atom. The highest BCUT2D eigenvalue weighted by molar-refractivity contribution is 6.02. The molecule has 2 N–H and O–H groups in total. The molecule has 0 aromatic heterocycles. The fraction of sp³-hybridized carbons (Fsp3) is 0.111. The van der Waals surface area contributed by atoms with Gasteiger partial charge in [-0.1, -0.05) is 17.6 Å². The Bertz CT molecular complexity index is 408. The number of carboxylic acids is 1. The Kier molecular flexibility index (Phi) is 3.90. The van der Waals surface area contributed by atoms with Crippen molar-refractivity contribution in [3.8, 4) is 0 Å². The third-order valence-corrected chi connectivity index (χ3v) is 1.62. The normalized spacial score (nSPS) is 10.2. The van der Waals surface area contributed by atoms with E-state index in [1.54, 1.807) is 0 Å². The number of rotatable bonds is 4. The number of carbonyl (C=O) groups excluding carboxylic acids is 1. The van der Waals surface area contributed by atoms with Crippen molar-refractivity contribution in [1.82, 2.24) is 5.48 Å². The number of alkyl halides is 2. The van der Waals surface area contributed by atoms with Gasteiger partial charge in [-0.25, -0.2) is 9.59 Å². The highest BCUT2D eigenvalue weighted by Crippen LogP contribution is 2.09. The average Bonchev–Trinajstić information content (AvgIpc) is 2.25. The number of benzene rings is 1. The molecule has 0 amide bonds. The van der Waals surface area contributed by atoms with Crippen LogP contribution in [0.25, 0.3) is 0 Å². The predicted molar refractivity (Wildman–Crippen MR) is 48.0 cm³/mol. The van der Waals surface area contributed by atoms with Crippen LogP contribution in [0.2, 0.25) is 0 Å². The summed E-state index contributed by atoms with van der Waals surface area (Å²) >= 11 is 0. The minimum atomic E-state index is -3.03. The molecule has 0 saturated carbocycles. The summed E-state index contributed by atoms with van der Waals surface area (Å²) in [6.45, 7) is -3.03. The number of halogens is 2. The fourth-order valence-corrected chi connectivity index (χ4v) is 1.00.